The number of carbonyl (C=O) groups excluding carboxylic acids is 2. The molecule has 0 unspecified atom stereocenters. The average molecular weight is 389 g/mol. The summed E-state index contributed by atoms with van der Waals surface area (Å²) >= 11 is 1.35. The van der Waals surface area contributed by atoms with Gasteiger partial charge >= 0.3 is 5.97 Å². The van der Waals surface area contributed by atoms with E-state index in [1.54, 1.807) is 23.8 Å². The summed E-state index contributed by atoms with van der Waals surface area (Å²) in [6.45, 7) is 0. The van der Waals surface area contributed by atoms with Crippen molar-refractivity contribution in [3.05, 3.63) is 64.9 Å². The molecule has 0 bridgehead atoms. The monoisotopic (exact) mass is 389 g/mol. The topological polar surface area (TPSA) is 81.2 Å². The number of methoxy groups -OCH3 is 1. The number of nitrogens with zero attached hydrogens (tertiary/aromatic N) is 2. The van der Waals surface area contributed by atoms with Gasteiger partial charge in [-0.3, -0.25) is 9.78 Å². The number of amides is 1. The van der Waals surface area contributed by atoms with E-state index in [0.29, 0.717) is 16.8 Å². The zero-order valence-corrected chi connectivity index (χ0v) is 14.8. The molecular formula is C18H13F2N3O3S. The van der Waals surface area contributed by atoms with E-state index < -0.39 is 29.1 Å². The molecule has 1 N–H and O–H groups in total. The Morgan fingerprint density at radius 1 is 1.26 bits per heavy atom. The van der Waals surface area contributed by atoms with Crippen molar-refractivity contribution >= 4 is 28.9 Å². The van der Waals surface area contributed by atoms with Gasteiger partial charge in [0, 0.05) is 29.4 Å². The number of thiazole rings is 1. The van der Waals surface area contributed by atoms with E-state index in [-0.39, 0.29) is 12.1 Å². The first kappa shape index (κ1) is 18.6. The summed E-state index contributed by atoms with van der Waals surface area (Å²) in [7, 11) is 1.07. The molecule has 0 radical (unpaired) electrons. The molecule has 1 aromatic carbocycles. The lowest BCUT2D eigenvalue weighted by molar-refractivity contribution is -0.115. The molecular weight excluding hydrogens is 376 g/mol. The van der Waals surface area contributed by atoms with Crippen molar-refractivity contribution in [2.24, 2.45) is 0 Å². The smallest absolute Gasteiger partial charge is 0.340 e. The predicted molar refractivity (Wildman–Crippen MR) is 95.4 cm³/mol. The minimum atomic E-state index is -1.07. The van der Waals surface area contributed by atoms with Gasteiger partial charge in [0.15, 0.2) is 0 Å². The first-order chi connectivity index (χ1) is 13.0. The molecule has 0 saturated heterocycles. The summed E-state index contributed by atoms with van der Waals surface area (Å²) in [5.74, 6) is -3.59. The van der Waals surface area contributed by atoms with Crippen LogP contribution in [0.5, 0.6) is 0 Å². The molecule has 0 spiro atoms. The van der Waals surface area contributed by atoms with Gasteiger partial charge in [-0.05, 0) is 18.2 Å². The molecule has 6 nitrogen and oxygen atoms in total. The Kier molecular flexibility index (Phi) is 5.51. The lowest BCUT2D eigenvalue weighted by atomic mass is 10.1. The number of halogens is 2. The highest BCUT2D eigenvalue weighted by molar-refractivity contribution is 7.13. The van der Waals surface area contributed by atoms with Crippen molar-refractivity contribution in [1.29, 1.82) is 0 Å². The first-order valence-electron chi connectivity index (χ1n) is 7.70. The molecule has 2 heterocycles. The van der Waals surface area contributed by atoms with E-state index in [2.05, 4.69) is 20.0 Å². The number of nitrogens with one attached hydrogen (secondary N) is 1. The molecule has 0 fully saturated rings. The van der Waals surface area contributed by atoms with Gasteiger partial charge in [0.1, 0.15) is 16.6 Å². The van der Waals surface area contributed by atoms with Gasteiger partial charge in [-0.25, -0.2) is 18.6 Å². The van der Waals surface area contributed by atoms with Crippen molar-refractivity contribution in [3.63, 3.8) is 0 Å². The summed E-state index contributed by atoms with van der Waals surface area (Å²) in [5.41, 5.74) is 0.528. The number of hydrogen-bond acceptors (Lipinski definition) is 6. The second-order valence-electron chi connectivity index (χ2n) is 5.41. The Morgan fingerprint density at radius 3 is 2.78 bits per heavy atom. The maximum absolute atomic E-state index is 13.9. The molecule has 1 amide bonds. The Balaban J connectivity index is 1.73. The molecule has 27 heavy (non-hydrogen) atoms. The Hall–Kier alpha value is -3.20. The SMILES string of the molecule is COC(=O)c1cc(NC(=O)Cc2csc(-c3cccnc3)n2)c(F)cc1F. The normalized spacial score (nSPS) is 10.5. The molecule has 0 atom stereocenters. The quantitative estimate of drug-likeness (QED) is 0.676. The maximum Gasteiger partial charge on any atom is 0.340 e. The summed E-state index contributed by atoms with van der Waals surface area (Å²) in [6, 6.07) is 5.04. The van der Waals surface area contributed by atoms with Gasteiger partial charge in [0.2, 0.25) is 5.91 Å². The third-order valence-electron chi connectivity index (χ3n) is 3.54. The Labute approximate surface area is 156 Å². The van der Waals surface area contributed by atoms with Crippen LogP contribution in [0.25, 0.3) is 10.6 Å². The molecule has 9 heteroatoms. The number of benzene rings is 1. The van der Waals surface area contributed by atoms with Gasteiger partial charge in [-0.15, -0.1) is 11.3 Å². The van der Waals surface area contributed by atoms with Crippen molar-refractivity contribution in [2.75, 3.05) is 12.4 Å². The molecule has 0 aliphatic heterocycles. The summed E-state index contributed by atoms with van der Waals surface area (Å²) in [5, 5.41) is 4.73. The number of ether oxygens (including phenoxy) is 1. The van der Waals surface area contributed by atoms with Gasteiger partial charge in [-0.2, -0.15) is 0 Å². The van der Waals surface area contributed by atoms with Gasteiger partial charge < -0.3 is 10.1 Å². The zero-order chi connectivity index (χ0) is 19.4. The fourth-order valence-electron chi connectivity index (χ4n) is 2.28. The number of esters is 1. The average Bonchev–Trinajstić information content (AvgIpc) is 3.12. The molecule has 3 rings (SSSR count). The van der Waals surface area contributed by atoms with Crippen molar-refractivity contribution in [2.45, 2.75) is 6.42 Å². The summed E-state index contributed by atoms with van der Waals surface area (Å²) < 4.78 is 32.0. The third kappa shape index (κ3) is 4.32. The molecule has 0 aliphatic rings. The summed E-state index contributed by atoms with van der Waals surface area (Å²) in [6.07, 6.45) is 3.19. The van der Waals surface area contributed by atoms with Crippen molar-refractivity contribution in [1.82, 2.24) is 9.97 Å². The molecule has 0 saturated carbocycles. The van der Waals surface area contributed by atoms with E-state index in [4.69, 9.17) is 0 Å². The van der Waals surface area contributed by atoms with Gasteiger partial charge in [0.05, 0.1) is 30.5 Å². The van der Waals surface area contributed by atoms with Crippen LogP contribution in [0.3, 0.4) is 0 Å². The lowest BCUT2D eigenvalue weighted by Gasteiger charge is -2.08. The van der Waals surface area contributed by atoms with Crippen LogP contribution in [-0.4, -0.2) is 29.0 Å². The molecule has 0 aliphatic carbocycles. The lowest BCUT2D eigenvalue weighted by Crippen LogP contribution is -2.17. The Bertz CT molecular complexity index is 993. The van der Waals surface area contributed by atoms with Gasteiger partial charge in [-0.1, -0.05) is 0 Å². The number of hydrogen-bond donors (Lipinski definition) is 1. The molecule has 138 valence electrons. The highest BCUT2D eigenvalue weighted by atomic mass is 32.1. The van der Waals surface area contributed by atoms with E-state index >= 15 is 0 Å². The summed E-state index contributed by atoms with van der Waals surface area (Å²) in [4.78, 5) is 32.0. The fraction of sp³-hybridized carbons (Fsp3) is 0.111. The second-order valence-corrected chi connectivity index (χ2v) is 6.27. The zero-order valence-electron chi connectivity index (χ0n) is 14.0. The van der Waals surface area contributed by atoms with Gasteiger partial charge in [0.25, 0.3) is 0 Å². The van der Waals surface area contributed by atoms with E-state index in [9.17, 15) is 18.4 Å². The molecule has 3 aromatic rings. The van der Waals surface area contributed by atoms with Crippen LogP contribution in [-0.2, 0) is 16.0 Å². The number of anilines is 1. The Morgan fingerprint density at radius 2 is 2.07 bits per heavy atom. The van der Waals surface area contributed by atoms with Crippen LogP contribution < -0.4 is 5.32 Å². The minimum absolute atomic E-state index is 0.110. The largest absolute Gasteiger partial charge is 0.465 e. The van der Waals surface area contributed by atoms with Crippen molar-refractivity contribution in [3.8, 4) is 10.6 Å². The maximum atomic E-state index is 13.9. The van der Waals surface area contributed by atoms with Crippen LogP contribution in [0.15, 0.2) is 42.0 Å². The van der Waals surface area contributed by atoms with E-state index in [0.717, 1.165) is 18.7 Å². The highest BCUT2D eigenvalue weighted by Crippen LogP contribution is 2.24. The minimum Gasteiger partial charge on any atom is -0.465 e. The standard InChI is InChI=1S/C18H13F2N3O3S/c1-26-18(25)12-6-15(14(20)7-13(12)19)23-16(24)5-11-9-27-17(22-11)10-3-2-4-21-8-10/h2-4,6-9H,5H2,1H3,(H,23,24). The van der Waals surface area contributed by atoms with Crippen LogP contribution in [0, 0.1) is 11.6 Å². The second kappa shape index (κ2) is 8.00. The van der Waals surface area contributed by atoms with Crippen LogP contribution in [0.1, 0.15) is 16.1 Å². The fourth-order valence-corrected chi connectivity index (χ4v) is 3.09. The first-order valence-corrected chi connectivity index (χ1v) is 8.58. The van der Waals surface area contributed by atoms with Crippen LogP contribution in [0.2, 0.25) is 0 Å². The number of pyridine rings is 1. The van der Waals surface area contributed by atoms with E-state index in [1.807, 2.05) is 6.07 Å². The molecule has 2 aromatic heterocycles. The number of carbonyl (C=O) groups is 2. The van der Waals surface area contributed by atoms with Crippen LogP contribution >= 0.6 is 11.3 Å². The van der Waals surface area contributed by atoms with Crippen molar-refractivity contribution < 1.29 is 23.1 Å². The van der Waals surface area contributed by atoms with Crippen LogP contribution in [0.4, 0.5) is 14.5 Å². The predicted octanol–water partition coefficient (Wildman–Crippen LogP) is 3.45. The number of rotatable bonds is 5. The van der Waals surface area contributed by atoms with E-state index in [1.165, 1.54) is 11.3 Å². The highest BCUT2D eigenvalue weighted by Gasteiger charge is 2.18. The third-order valence-corrected chi connectivity index (χ3v) is 4.48. The number of aromatic nitrogens is 2.